The molecule has 26 heavy (non-hydrogen) atoms. The molecule has 1 aliphatic heterocycles. The van der Waals surface area contributed by atoms with Crippen molar-refractivity contribution in [1.29, 1.82) is 0 Å². The van der Waals surface area contributed by atoms with Gasteiger partial charge in [-0.25, -0.2) is 0 Å². The van der Waals surface area contributed by atoms with Gasteiger partial charge >= 0.3 is 0 Å². The average Bonchev–Trinajstić information content (AvgIpc) is 2.69. The van der Waals surface area contributed by atoms with E-state index in [0.717, 1.165) is 44.3 Å². The molecule has 2 N–H and O–H groups in total. The minimum Gasteiger partial charge on any atom is -0.497 e. The van der Waals surface area contributed by atoms with Crippen LogP contribution >= 0.6 is 12.2 Å². The predicted octanol–water partition coefficient (Wildman–Crippen LogP) is 3.01. The molecule has 0 amide bonds. The fourth-order valence-electron chi connectivity index (χ4n) is 2.91. The van der Waals surface area contributed by atoms with Gasteiger partial charge in [-0.15, -0.1) is 0 Å². The summed E-state index contributed by atoms with van der Waals surface area (Å²) < 4.78 is 10.6. The molecule has 2 aromatic rings. The van der Waals surface area contributed by atoms with Crippen molar-refractivity contribution < 1.29 is 9.47 Å². The molecule has 0 aliphatic carbocycles. The lowest BCUT2D eigenvalue weighted by atomic mass is 10.1. The fraction of sp³-hybridized carbons (Fsp3) is 0.350. The van der Waals surface area contributed by atoms with Crippen molar-refractivity contribution in [2.75, 3.05) is 38.7 Å². The van der Waals surface area contributed by atoms with Gasteiger partial charge in [0.05, 0.1) is 20.3 Å². The standard InChI is InChI=1S/C20H25N3O2S/c1-24-19-8-6-18(7-9-19)22-20(26)21-14-16-4-2-3-5-17(16)15-23-10-12-25-13-11-23/h2-9H,10-15H2,1H3,(H2,21,22,26). The van der Waals surface area contributed by atoms with Crippen LogP contribution in [0.1, 0.15) is 11.1 Å². The van der Waals surface area contributed by atoms with Gasteiger partial charge < -0.3 is 20.1 Å². The molecule has 0 unspecified atom stereocenters. The van der Waals surface area contributed by atoms with Crippen LogP contribution in [0, 0.1) is 0 Å². The summed E-state index contributed by atoms with van der Waals surface area (Å²) in [5.41, 5.74) is 3.52. The summed E-state index contributed by atoms with van der Waals surface area (Å²) in [5.74, 6) is 0.825. The van der Waals surface area contributed by atoms with E-state index in [0.29, 0.717) is 11.7 Å². The number of hydrogen-bond donors (Lipinski definition) is 2. The van der Waals surface area contributed by atoms with E-state index in [9.17, 15) is 0 Å². The summed E-state index contributed by atoms with van der Waals surface area (Å²) in [7, 11) is 1.66. The fourth-order valence-corrected chi connectivity index (χ4v) is 3.10. The van der Waals surface area contributed by atoms with Crippen LogP contribution in [0.25, 0.3) is 0 Å². The van der Waals surface area contributed by atoms with Crippen LogP contribution in [0.4, 0.5) is 5.69 Å². The molecule has 1 saturated heterocycles. The van der Waals surface area contributed by atoms with Gasteiger partial charge in [-0.2, -0.15) is 0 Å². The van der Waals surface area contributed by atoms with Crippen LogP contribution < -0.4 is 15.4 Å². The van der Waals surface area contributed by atoms with Gasteiger partial charge in [0.15, 0.2) is 5.11 Å². The maximum Gasteiger partial charge on any atom is 0.171 e. The Morgan fingerprint density at radius 2 is 1.77 bits per heavy atom. The van der Waals surface area contributed by atoms with Crippen LogP contribution in [0.15, 0.2) is 48.5 Å². The zero-order valence-corrected chi connectivity index (χ0v) is 15.8. The first-order chi connectivity index (χ1) is 12.7. The van der Waals surface area contributed by atoms with Crippen molar-refractivity contribution in [2.24, 2.45) is 0 Å². The third-order valence-corrected chi connectivity index (χ3v) is 4.65. The first-order valence-corrected chi connectivity index (χ1v) is 9.21. The Labute approximate surface area is 160 Å². The Hall–Kier alpha value is -2.15. The first-order valence-electron chi connectivity index (χ1n) is 8.80. The van der Waals surface area contributed by atoms with Crippen LogP contribution in [0.3, 0.4) is 0 Å². The number of ether oxygens (including phenoxy) is 2. The second-order valence-electron chi connectivity index (χ2n) is 6.19. The Morgan fingerprint density at radius 3 is 2.46 bits per heavy atom. The molecule has 1 aliphatic rings. The monoisotopic (exact) mass is 371 g/mol. The Bertz CT molecular complexity index is 715. The largest absolute Gasteiger partial charge is 0.497 e. The van der Waals surface area contributed by atoms with E-state index in [2.05, 4.69) is 39.8 Å². The number of nitrogens with one attached hydrogen (secondary N) is 2. The van der Waals surface area contributed by atoms with Crippen molar-refractivity contribution in [2.45, 2.75) is 13.1 Å². The van der Waals surface area contributed by atoms with E-state index in [1.807, 2.05) is 24.3 Å². The van der Waals surface area contributed by atoms with Crippen molar-refractivity contribution in [3.05, 3.63) is 59.7 Å². The third-order valence-electron chi connectivity index (χ3n) is 4.40. The van der Waals surface area contributed by atoms with Gasteiger partial charge in [0, 0.05) is 31.9 Å². The Balaban J connectivity index is 1.54. The van der Waals surface area contributed by atoms with Crippen molar-refractivity contribution in [3.8, 4) is 5.75 Å². The minimum absolute atomic E-state index is 0.608. The van der Waals surface area contributed by atoms with Gasteiger partial charge in [-0.05, 0) is 47.6 Å². The molecule has 138 valence electrons. The smallest absolute Gasteiger partial charge is 0.171 e. The molecule has 1 fully saturated rings. The highest BCUT2D eigenvalue weighted by Gasteiger charge is 2.12. The summed E-state index contributed by atoms with van der Waals surface area (Å²) in [4.78, 5) is 2.43. The zero-order valence-electron chi connectivity index (χ0n) is 15.0. The number of benzene rings is 2. The lowest BCUT2D eigenvalue weighted by Gasteiger charge is -2.27. The van der Waals surface area contributed by atoms with E-state index in [-0.39, 0.29) is 0 Å². The molecule has 2 aromatic carbocycles. The van der Waals surface area contributed by atoms with Crippen LogP contribution in [-0.2, 0) is 17.8 Å². The summed E-state index contributed by atoms with van der Waals surface area (Å²) in [5, 5.41) is 7.11. The number of methoxy groups -OCH3 is 1. The molecule has 0 aromatic heterocycles. The van der Waals surface area contributed by atoms with E-state index in [4.69, 9.17) is 21.7 Å². The summed E-state index contributed by atoms with van der Waals surface area (Å²) in [6.45, 7) is 5.24. The Morgan fingerprint density at radius 1 is 1.08 bits per heavy atom. The van der Waals surface area contributed by atoms with Gasteiger partial charge in [0.25, 0.3) is 0 Å². The Kier molecular flexibility index (Phi) is 6.82. The van der Waals surface area contributed by atoms with Crippen LogP contribution in [0.2, 0.25) is 0 Å². The number of rotatable bonds is 6. The topological polar surface area (TPSA) is 45.8 Å². The second kappa shape index (κ2) is 9.52. The van der Waals surface area contributed by atoms with E-state index in [1.54, 1.807) is 7.11 Å². The quantitative estimate of drug-likeness (QED) is 0.761. The molecule has 0 bridgehead atoms. The summed E-state index contributed by atoms with van der Waals surface area (Å²) in [6.07, 6.45) is 0. The second-order valence-corrected chi connectivity index (χ2v) is 6.60. The van der Waals surface area contributed by atoms with E-state index < -0.39 is 0 Å². The number of hydrogen-bond acceptors (Lipinski definition) is 4. The number of anilines is 1. The maximum absolute atomic E-state index is 5.43. The van der Waals surface area contributed by atoms with Crippen LogP contribution in [0.5, 0.6) is 5.75 Å². The number of thiocarbonyl (C=S) groups is 1. The average molecular weight is 372 g/mol. The molecule has 0 saturated carbocycles. The number of morpholine rings is 1. The van der Waals surface area contributed by atoms with Gasteiger partial charge in [0.1, 0.15) is 5.75 Å². The highest BCUT2D eigenvalue weighted by Crippen LogP contribution is 2.15. The van der Waals surface area contributed by atoms with E-state index >= 15 is 0 Å². The van der Waals surface area contributed by atoms with Crippen molar-refractivity contribution >= 4 is 23.0 Å². The van der Waals surface area contributed by atoms with Crippen LogP contribution in [-0.4, -0.2) is 43.4 Å². The predicted molar refractivity (Wildman–Crippen MR) is 109 cm³/mol. The molecule has 5 nitrogen and oxygen atoms in total. The molecule has 0 atom stereocenters. The summed E-state index contributed by atoms with van der Waals surface area (Å²) >= 11 is 5.42. The third kappa shape index (κ3) is 5.42. The zero-order chi connectivity index (χ0) is 18.2. The van der Waals surface area contributed by atoms with Crippen molar-refractivity contribution in [1.82, 2.24) is 10.2 Å². The lowest BCUT2D eigenvalue weighted by Crippen LogP contribution is -2.36. The first kappa shape index (κ1) is 18.6. The molecule has 1 heterocycles. The van der Waals surface area contributed by atoms with Gasteiger partial charge in [-0.1, -0.05) is 24.3 Å². The molecular formula is C20H25N3O2S. The minimum atomic E-state index is 0.608. The van der Waals surface area contributed by atoms with Gasteiger partial charge in [-0.3, -0.25) is 4.90 Å². The lowest BCUT2D eigenvalue weighted by molar-refractivity contribution is 0.0341. The molecule has 3 rings (SSSR count). The highest BCUT2D eigenvalue weighted by molar-refractivity contribution is 7.80. The molecule has 0 radical (unpaired) electrons. The SMILES string of the molecule is COc1ccc(NC(=S)NCc2ccccc2CN2CCOCC2)cc1. The molecule has 0 spiro atoms. The molecule has 6 heteroatoms. The van der Waals surface area contributed by atoms with E-state index in [1.165, 1.54) is 11.1 Å². The maximum atomic E-state index is 5.43. The van der Waals surface area contributed by atoms with Crippen molar-refractivity contribution in [3.63, 3.8) is 0 Å². The number of nitrogens with zero attached hydrogens (tertiary/aromatic N) is 1. The van der Waals surface area contributed by atoms with Gasteiger partial charge in [0.2, 0.25) is 0 Å². The normalized spacial score (nSPS) is 14.7. The molecular weight excluding hydrogens is 346 g/mol. The summed E-state index contributed by atoms with van der Waals surface area (Å²) in [6, 6.07) is 16.2. The highest BCUT2D eigenvalue weighted by atomic mass is 32.1.